The van der Waals surface area contributed by atoms with Gasteiger partial charge in [-0.15, -0.1) is 11.3 Å². The van der Waals surface area contributed by atoms with Crippen molar-refractivity contribution in [1.29, 1.82) is 0 Å². The number of hydrogen-bond acceptors (Lipinski definition) is 6. The first-order valence-corrected chi connectivity index (χ1v) is 9.88. The normalized spacial score (nSPS) is 23.3. The topological polar surface area (TPSA) is 47.5 Å². The van der Waals surface area contributed by atoms with Crippen LogP contribution in [0, 0.1) is 5.41 Å². The summed E-state index contributed by atoms with van der Waals surface area (Å²) in [4.78, 5) is 11.0. The molecule has 0 saturated carbocycles. The third kappa shape index (κ3) is 4.44. The minimum Gasteiger partial charge on any atom is -0.375 e. The fourth-order valence-corrected chi connectivity index (χ4v) is 4.50. The van der Waals surface area contributed by atoms with Crippen LogP contribution in [0.25, 0.3) is 0 Å². The van der Waals surface area contributed by atoms with E-state index in [-0.39, 0.29) is 6.10 Å². The molecule has 2 aliphatic rings. The highest BCUT2D eigenvalue weighted by molar-refractivity contribution is 7.09. The monoisotopic (exact) mass is 359 g/mol. The van der Waals surface area contributed by atoms with Crippen molar-refractivity contribution in [1.82, 2.24) is 14.9 Å². The summed E-state index contributed by atoms with van der Waals surface area (Å²) in [7, 11) is 0. The predicted octanol–water partition coefficient (Wildman–Crippen LogP) is 3.13. The Morgan fingerprint density at radius 1 is 1.24 bits per heavy atom. The maximum absolute atomic E-state index is 6.06. The lowest BCUT2D eigenvalue weighted by Gasteiger charge is -2.38. The minimum atomic E-state index is 0.243. The van der Waals surface area contributed by atoms with Crippen molar-refractivity contribution >= 4 is 11.3 Å². The molecule has 0 bridgehead atoms. The van der Waals surface area contributed by atoms with E-state index in [0.717, 1.165) is 32.7 Å². The van der Waals surface area contributed by atoms with E-state index in [4.69, 9.17) is 9.47 Å². The molecular weight excluding hydrogens is 334 g/mol. The van der Waals surface area contributed by atoms with Crippen molar-refractivity contribution in [2.24, 2.45) is 5.41 Å². The van der Waals surface area contributed by atoms with E-state index < -0.39 is 0 Å². The van der Waals surface area contributed by atoms with Crippen LogP contribution in [0.4, 0.5) is 0 Å². The molecule has 4 heterocycles. The summed E-state index contributed by atoms with van der Waals surface area (Å²) < 4.78 is 11.9. The Bertz CT molecular complexity index is 642. The smallest absolute Gasteiger partial charge is 0.107 e. The molecule has 4 rings (SSSR count). The first-order valence-electron chi connectivity index (χ1n) is 9.00. The average Bonchev–Trinajstić information content (AvgIpc) is 3.29. The number of thiazole rings is 1. The highest BCUT2D eigenvalue weighted by Gasteiger charge is 2.42. The largest absolute Gasteiger partial charge is 0.375 e. The van der Waals surface area contributed by atoms with Crippen molar-refractivity contribution in [3.05, 3.63) is 46.7 Å². The maximum Gasteiger partial charge on any atom is 0.107 e. The molecule has 0 amide bonds. The molecule has 134 valence electrons. The average molecular weight is 359 g/mol. The van der Waals surface area contributed by atoms with Gasteiger partial charge < -0.3 is 9.47 Å². The van der Waals surface area contributed by atoms with Crippen LogP contribution < -0.4 is 0 Å². The Morgan fingerprint density at radius 3 is 2.84 bits per heavy atom. The number of hydrogen-bond donors (Lipinski definition) is 0. The van der Waals surface area contributed by atoms with Gasteiger partial charge in [0.2, 0.25) is 0 Å². The van der Waals surface area contributed by atoms with E-state index in [1.165, 1.54) is 23.4 Å². The standard InChI is InChI=1S/C19H25N3O2S/c1-5-20-6-2-16(1)13-23-14-17-11-19(15-24-17)3-8-22(9-4-19)12-18-21-7-10-25-18/h1-2,5-7,10,17H,3-4,8-9,11-15H2/t17-/m0/s1. The molecule has 2 saturated heterocycles. The molecule has 1 atom stereocenters. The lowest BCUT2D eigenvalue weighted by Crippen LogP contribution is -2.40. The first-order chi connectivity index (χ1) is 12.3. The molecule has 5 nitrogen and oxygen atoms in total. The zero-order valence-electron chi connectivity index (χ0n) is 14.5. The molecule has 0 aliphatic carbocycles. The lowest BCUT2D eigenvalue weighted by atomic mass is 9.77. The van der Waals surface area contributed by atoms with Gasteiger partial charge in [-0.25, -0.2) is 4.98 Å². The zero-order valence-corrected chi connectivity index (χ0v) is 15.3. The Morgan fingerprint density at radius 2 is 2.08 bits per heavy atom. The van der Waals surface area contributed by atoms with Gasteiger partial charge in [0.25, 0.3) is 0 Å². The molecule has 2 aromatic rings. The summed E-state index contributed by atoms with van der Waals surface area (Å²) in [6.45, 7) is 5.50. The second-order valence-corrected chi connectivity index (χ2v) is 8.19. The van der Waals surface area contributed by atoms with E-state index >= 15 is 0 Å². The fraction of sp³-hybridized carbons (Fsp3) is 0.579. The molecule has 2 aromatic heterocycles. The van der Waals surface area contributed by atoms with Gasteiger partial charge in [-0.1, -0.05) is 0 Å². The zero-order chi connectivity index (χ0) is 17.0. The summed E-state index contributed by atoms with van der Waals surface area (Å²) in [5, 5.41) is 3.28. The molecule has 6 heteroatoms. The first kappa shape index (κ1) is 17.1. The van der Waals surface area contributed by atoms with Crippen LogP contribution in [0.3, 0.4) is 0 Å². The van der Waals surface area contributed by atoms with Crippen molar-refractivity contribution in [2.75, 3.05) is 26.3 Å². The molecule has 0 N–H and O–H groups in total. The van der Waals surface area contributed by atoms with E-state index in [2.05, 4.69) is 20.2 Å². The number of ether oxygens (including phenoxy) is 2. The van der Waals surface area contributed by atoms with E-state index in [1.807, 2.05) is 18.3 Å². The second-order valence-electron chi connectivity index (χ2n) is 7.21. The van der Waals surface area contributed by atoms with E-state index in [9.17, 15) is 0 Å². The molecule has 1 spiro atoms. The summed E-state index contributed by atoms with van der Waals surface area (Å²) in [5.41, 5.74) is 1.53. The van der Waals surface area contributed by atoms with Crippen molar-refractivity contribution < 1.29 is 9.47 Å². The number of nitrogens with zero attached hydrogens (tertiary/aromatic N) is 3. The van der Waals surface area contributed by atoms with Crippen LogP contribution in [0.2, 0.25) is 0 Å². The Balaban J connectivity index is 1.20. The second kappa shape index (κ2) is 7.91. The van der Waals surface area contributed by atoms with Crippen molar-refractivity contribution in [3.63, 3.8) is 0 Å². The molecule has 25 heavy (non-hydrogen) atoms. The van der Waals surface area contributed by atoms with E-state index in [1.54, 1.807) is 23.7 Å². The third-order valence-corrected chi connectivity index (χ3v) is 6.13. The van der Waals surface area contributed by atoms with Crippen molar-refractivity contribution in [3.8, 4) is 0 Å². The third-order valence-electron chi connectivity index (χ3n) is 5.37. The van der Waals surface area contributed by atoms with Crippen LogP contribution in [-0.4, -0.2) is 47.3 Å². The SMILES string of the molecule is c1cc(COC[C@@H]2CC3(CCN(Cc4nccs4)CC3)CO2)ccn1. The van der Waals surface area contributed by atoms with E-state index in [0.29, 0.717) is 18.6 Å². The number of likely N-dealkylation sites (tertiary alicyclic amines) is 1. The Labute approximate surface area is 153 Å². The molecule has 2 fully saturated rings. The van der Waals surface area contributed by atoms with Gasteiger partial charge in [-0.05, 0) is 55.5 Å². The van der Waals surface area contributed by atoms with Gasteiger partial charge in [0.15, 0.2) is 0 Å². The summed E-state index contributed by atoms with van der Waals surface area (Å²) in [5.74, 6) is 0. The highest BCUT2D eigenvalue weighted by Crippen LogP contribution is 2.42. The minimum absolute atomic E-state index is 0.243. The lowest BCUT2D eigenvalue weighted by molar-refractivity contribution is 0.00633. The van der Waals surface area contributed by atoms with Gasteiger partial charge in [-0.3, -0.25) is 9.88 Å². The van der Waals surface area contributed by atoms with Crippen LogP contribution in [-0.2, 0) is 22.6 Å². The highest BCUT2D eigenvalue weighted by atomic mass is 32.1. The van der Waals surface area contributed by atoms with Gasteiger partial charge in [0, 0.05) is 24.0 Å². The Hall–Kier alpha value is -1.34. The number of piperidine rings is 1. The van der Waals surface area contributed by atoms with Gasteiger partial charge in [-0.2, -0.15) is 0 Å². The molecule has 0 unspecified atom stereocenters. The molecule has 2 aliphatic heterocycles. The maximum atomic E-state index is 6.06. The molecular formula is C19H25N3O2S. The van der Waals surface area contributed by atoms with Crippen LogP contribution in [0.1, 0.15) is 29.8 Å². The van der Waals surface area contributed by atoms with Gasteiger partial charge in [0.05, 0.1) is 32.5 Å². The number of pyridine rings is 1. The summed E-state index contributed by atoms with van der Waals surface area (Å²) in [6.07, 6.45) is 9.32. The quantitative estimate of drug-likeness (QED) is 0.793. The fourth-order valence-electron chi connectivity index (χ4n) is 3.85. The van der Waals surface area contributed by atoms with Crippen LogP contribution in [0.15, 0.2) is 36.1 Å². The Kier molecular flexibility index (Phi) is 5.41. The number of rotatable bonds is 6. The van der Waals surface area contributed by atoms with Crippen molar-refractivity contribution in [2.45, 2.75) is 38.5 Å². The van der Waals surface area contributed by atoms with Crippen LogP contribution >= 0.6 is 11.3 Å². The van der Waals surface area contributed by atoms with Gasteiger partial charge in [0.1, 0.15) is 5.01 Å². The summed E-state index contributed by atoms with van der Waals surface area (Å²) >= 11 is 1.75. The number of aromatic nitrogens is 2. The molecule has 0 aromatic carbocycles. The van der Waals surface area contributed by atoms with Gasteiger partial charge >= 0.3 is 0 Å². The molecule has 0 radical (unpaired) electrons. The predicted molar refractivity (Wildman–Crippen MR) is 97.3 cm³/mol. The van der Waals surface area contributed by atoms with Crippen LogP contribution in [0.5, 0.6) is 0 Å². The summed E-state index contributed by atoms with van der Waals surface area (Å²) in [6, 6.07) is 3.99.